The Hall–Kier alpha value is -3.03. The van der Waals surface area contributed by atoms with E-state index in [4.69, 9.17) is 23.9 Å². The van der Waals surface area contributed by atoms with Crippen molar-refractivity contribution in [3.8, 4) is 17.2 Å². The average Bonchev–Trinajstić information content (AvgIpc) is 2.82. The lowest BCUT2D eigenvalue weighted by atomic mass is 10.1. The summed E-state index contributed by atoms with van der Waals surface area (Å²) < 4.78 is 22.0. The molecule has 0 bridgehead atoms. The van der Waals surface area contributed by atoms with Crippen molar-refractivity contribution in [2.24, 2.45) is 0 Å². The SMILES string of the molecule is COc1ccc(CNc2cc3cc(OC)c(OC)cc3c(C)n2)cc1CN1CCOCC1. The lowest BCUT2D eigenvalue weighted by molar-refractivity contribution is 0.0339. The van der Waals surface area contributed by atoms with Gasteiger partial charge in [0, 0.05) is 42.8 Å². The first-order valence-corrected chi connectivity index (χ1v) is 10.8. The van der Waals surface area contributed by atoms with Crippen LogP contribution >= 0.6 is 0 Å². The third-order valence-corrected chi connectivity index (χ3v) is 5.84. The Morgan fingerprint density at radius 2 is 1.66 bits per heavy atom. The molecule has 0 radical (unpaired) electrons. The third-order valence-electron chi connectivity index (χ3n) is 5.84. The molecule has 1 fully saturated rings. The predicted molar refractivity (Wildman–Crippen MR) is 126 cm³/mol. The molecule has 0 aliphatic carbocycles. The van der Waals surface area contributed by atoms with Crippen LogP contribution in [0.15, 0.2) is 36.4 Å². The lowest BCUT2D eigenvalue weighted by Gasteiger charge is -2.27. The van der Waals surface area contributed by atoms with Crippen LogP contribution in [0.3, 0.4) is 0 Å². The zero-order valence-corrected chi connectivity index (χ0v) is 19.2. The summed E-state index contributed by atoms with van der Waals surface area (Å²) in [4.78, 5) is 7.14. The van der Waals surface area contributed by atoms with Crippen LogP contribution in [0.1, 0.15) is 16.8 Å². The molecule has 2 heterocycles. The van der Waals surface area contributed by atoms with Crippen LogP contribution in [0.2, 0.25) is 0 Å². The highest BCUT2D eigenvalue weighted by atomic mass is 16.5. The molecular formula is C25H31N3O4. The zero-order valence-electron chi connectivity index (χ0n) is 19.2. The third kappa shape index (κ3) is 4.89. The Morgan fingerprint density at radius 3 is 2.38 bits per heavy atom. The van der Waals surface area contributed by atoms with Crippen molar-refractivity contribution in [3.63, 3.8) is 0 Å². The number of fused-ring (bicyclic) bond motifs is 1. The quantitative estimate of drug-likeness (QED) is 0.571. The minimum atomic E-state index is 0.672. The van der Waals surface area contributed by atoms with Crippen molar-refractivity contribution in [2.75, 3.05) is 52.9 Å². The van der Waals surface area contributed by atoms with Crippen LogP contribution in [0.5, 0.6) is 17.2 Å². The molecule has 0 saturated carbocycles. The maximum Gasteiger partial charge on any atom is 0.161 e. The summed E-state index contributed by atoms with van der Waals surface area (Å²) in [6.45, 7) is 6.99. The second-order valence-electron chi connectivity index (χ2n) is 7.91. The van der Waals surface area contributed by atoms with Crippen LogP contribution < -0.4 is 19.5 Å². The van der Waals surface area contributed by atoms with E-state index in [9.17, 15) is 0 Å². The van der Waals surface area contributed by atoms with Crippen molar-refractivity contribution in [2.45, 2.75) is 20.0 Å². The van der Waals surface area contributed by atoms with Gasteiger partial charge in [-0.2, -0.15) is 0 Å². The summed E-state index contributed by atoms with van der Waals surface area (Å²) >= 11 is 0. The summed E-state index contributed by atoms with van der Waals surface area (Å²) in [5, 5.41) is 5.57. The number of anilines is 1. The van der Waals surface area contributed by atoms with Gasteiger partial charge in [0.2, 0.25) is 0 Å². The van der Waals surface area contributed by atoms with E-state index in [1.807, 2.05) is 31.2 Å². The minimum Gasteiger partial charge on any atom is -0.496 e. The van der Waals surface area contributed by atoms with E-state index in [-0.39, 0.29) is 0 Å². The molecule has 2 aromatic carbocycles. The summed E-state index contributed by atoms with van der Waals surface area (Å²) in [7, 11) is 5.01. The predicted octanol–water partition coefficient (Wildman–Crippen LogP) is 4.01. The van der Waals surface area contributed by atoms with Gasteiger partial charge in [-0.05, 0) is 48.2 Å². The van der Waals surface area contributed by atoms with Crippen molar-refractivity contribution in [3.05, 3.63) is 53.2 Å². The van der Waals surface area contributed by atoms with Crippen molar-refractivity contribution in [1.82, 2.24) is 9.88 Å². The van der Waals surface area contributed by atoms with E-state index in [0.717, 1.165) is 60.9 Å². The number of benzene rings is 2. The highest BCUT2D eigenvalue weighted by Gasteiger charge is 2.14. The van der Waals surface area contributed by atoms with Crippen molar-refractivity contribution < 1.29 is 18.9 Å². The number of nitrogens with zero attached hydrogens (tertiary/aromatic N) is 2. The van der Waals surface area contributed by atoms with Crippen LogP contribution in [-0.4, -0.2) is 57.5 Å². The molecule has 0 amide bonds. The van der Waals surface area contributed by atoms with Gasteiger partial charge in [-0.25, -0.2) is 4.98 Å². The number of nitrogens with one attached hydrogen (secondary N) is 1. The monoisotopic (exact) mass is 437 g/mol. The Morgan fingerprint density at radius 1 is 0.938 bits per heavy atom. The van der Waals surface area contributed by atoms with Gasteiger partial charge in [-0.15, -0.1) is 0 Å². The summed E-state index contributed by atoms with van der Waals surface area (Å²) in [5.74, 6) is 3.16. The van der Waals surface area contributed by atoms with Crippen LogP contribution in [0.25, 0.3) is 10.8 Å². The lowest BCUT2D eigenvalue weighted by Crippen LogP contribution is -2.35. The first-order chi connectivity index (χ1) is 15.6. The standard InChI is InChI=1S/C25H31N3O4/c1-17-21-14-24(31-4)23(30-3)12-19(21)13-25(27-17)26-15-18-5-6-22(29-2)20(11-18)16-28-7-9-32-10-8-28/h5-6,11-14H,7-10,15-16H2,1-4H3,(H,26,27). The number of hydrogen-bond donors (Lipinski definition) is 1. The Bertz CT molecular complexity index is 1080. The zero-order chi connectivity index (χ0) is 22.5. The van der Waals surface area contributed by atoms with Crippen LogP contribution in [-0.2, 0) is 17.8 Å². The first kappa shape index (κ1) is 22.2. The number of pyridine rings is 1. The molecule has 7 nitrogen and oxygen atoms in total. The van der Waals surface area contributed by atoms with E-state index in [1.165, 1.54) is 11.1 Å². The second kappa shape index (κ2) is 10.1. The van der Waals surface area contributed by atoms with Crippen molar-refractivity contribution >= 4 is 16.6 Å². The van der Waals surface area contributed by atoms with Gasteiger partial charge in [-0.3, -0.25) is 4.90 Å². The van der Waals surface area contributed by atoms with E-state index in [0.29, 0.717) is 18.0 Å². The molecule has 3 aromatic rings. The topological polar surface area (TPSA) is 65.1 Å². The Labute approximate surface area is 189 Å². The van der Waals surface area contributed by atoms with Gasteiger partial charge in [-0.1, -0.05) is 6.07 Å². The van der Waals surface area contributed by atoms with E-state index in [2.05, 4.69) is 22.3 Å². The molecule has 7 heteroatoms. The number of morpholine rings is 1. The Balaban J connectivity index is 1.53. The van der Waals surface area contributed by atoms with E-state index < -0.39 is 0 Å². The molecule has 0 spiro atoms. The maximum absolute atomic E-state index is 5.60. The fraction of sp³-hybridized carbons (Fsp3) is 0.400. The summed E-state index contributed by atoms with van der Waals surface area (Å²) in [6.07, 6.45) is 0. The average molecular weight is 438 g/mol. The van der Waals surface area contributed by atoms with E-state index in [1.54, 1.807) is 21.3 Å². The highest BCUT2D eigenvalue weighted by molar-refractivity contribution is 5.89. The fourth-order valence-electron chi connectivity index (χ4n) is 4.10. The molecule has 1 saturated heterocycles. The normalized spacial score (nSPS) is 14.4. The first-order valence-electron chi connectivity index (χ1n) is 10.8. The highest BCUT2D eigenvalue weighted by Crippen LogP contribution is 2.34. The van der Waals surface area contributed by atoms with Gasteiger partial charge in [0.05, 0.1) is 34.5 Å². The number of methoxy groups -OCH3 is 3. The maximum atomic E-state index is 5.60. The number of ether oxygens (including phenoxy) is 4. The number of rotatable bonds is 8. The smallest absolute Gasteiger partial charge is 0.161 e. The molecular weight excluding hydrogens is 406 g/mol. The Kier molecular flexibility index (Phi) is 6.97. The largest absolute Gasteiger partial charge is 0.496 e. The molecule has 32 heavy (non-hydrogen) atoms. The van der Waals surface area contributed by atoms with Gasteiger partial charge in [0.1, 0.15) is 11.6 Å². The van der Waals surface area contributed by atoms with Gasteiger partial charge in [0.15, 0.2) is 11.5 Å². The summed E-state index contributed by atoms with van der Waals surface area (Å²) in [5.41, 5.74) is 3.31. The van der Waals surface area contributed by atoms with Crippen LogP contribution in [0, 0.1) is 6.92 Å². The van der Waals surface area contributed by atoms with E-state index >= 15 is 0 Å². The van der Waals surface area contributed by atoms with Crippen LogP contribution in [0.4, 0.5) is 5.82 Å². The molecule has 1 aliphatic heterocycles. The molecule has 0 atom stereocenters. The number of aromatic nitrogens is 1. The fourth-order valence-corrected chi connectivity index (χ4v) is 4.10. The molecule has 1 aromatic heterocycles. The van der Waals surface area contributed by atoms with Crippen molar-refractivity contribution in [1.29, 1.82) is 0 Å². The molecule has 0 unspecified atom stereocenters. The number of hydrogen-bond acceptors (Lipinski definition) is 7. The molecule has 1 N–H and O–H groups in total. The van der Waals surface area contributed by atoms with Gasteiger partial charge in [0.25, 0.3) is 0 Å². The second-order valence-corrected chi connectivity index (χ2v) is 7.91. The van der Waals surface area contributed by atoms with Gasteiger partial charge >= 0.3 is 0 Å². The summed E-state index contributed by atoms with van der Waals surface area (Å²) in [6, 6.07) is 12.4. The number of aryl methyl sites for hydroxylation is 1. The van der Waals surface area contributed by atoms with Gasteiger partial charge < -0.3 is 24.3 Å². The molecule has 170 valence electrons. The molecule has 1 aliphatic rings. The molecule has 4 rings (SSSR count). The minimum absolute atomic E-state index is 0.672.